The largest absolute Gasteiger partial charge is 0.425 e. The van der Waals surface area contributed by atoms with Gasteiger partial charge in [0.25, 0.3) is 5.69 Å². The number of nitro benzene ring substituents is 1. The first-order valence-corrected chi connectivity index (χ1v) is 9.45. The molecule has 0 aliphatic rings. The molecule has 0 unspecified atom stereocenters. The Bertz CT molecular complexity index is 850. The molecule has 0 aromatic heterocycles. The molecule has 168 valence electrons. The highest BCUT2D eigenvalue weighted by Gasteiger charge is 2.23. The number of nitrogens with zero attached hydrogens (tertiary/aromatic N) is 1. The van der Waals surface area contributed by atoms with E-state index in [2.05, 4.69) is 22.5 Å². The number of carbonyl (C=O) groups excluding carboxylic acids is 4. The highest BCUT2D eigenvalue weighted by molar-refractivity contribution is 5.95. The van der Waals surface area contributed by atoms with Gasteiger partial charge in [0.05, 0.1) is 11.5 Å². The van der Waals surface area contributed by atoms with Gasteiger partial charge in [-0.25, -0.2) is 4.79 Å². The first-order chi connectivity index (χ1) is 14.5. The Hall–Kier alpha value is -3.76. The normalized spacial score (nSPS) is 11.2. The molecule has 31 heavy (non-hydrogen) atoms. The minimum Gasteiger partial charge on any atom is -0.425 e. The predicted molar refractivity (Wildman–Crippen MR) is 111 cm³/mol. The van der Waals surface area contributed by atoms with E-state index in [1.54, 1.807) is 0 Å². The van der Waals surface area contributed by atoms with Crippen molar-refractivity contribution in [1.82, 2.24) is 16.0 Å². The van der Waals surface area contributed by atoms with Crippen LogP contribution in [-0.2, 0) is 19.2 Å². The van der Waals surface area contributed by atoms with Gasteiger partial charge in [0, 0.05) is 17.7 Å². The summed E-state index contributed by atoms with van der Waals surface area (Å²) in [6, 6.07) is 3.98. The molecule has 3 N–H and O–H groups in total. The van der Waals surface area contributed by atoms with Crippen LogP contribution in [0.2, 0.25) is 0 Å². The van der Waals surface area contributed by atoms with Gasteiger partial charge in [-0.2, -0.15) is 0 Å². The molecule has 1 aromatic carbocycles. The predicted octanol–water partition coefficient (Wildman–Crippen LogP) is 0.840. The van der Waals surface area contributed by atoms with Crippen molar-refractivity contribution in [3.63, 3.8) is 0 Å². The maximum atomic E-state index is 12.4. The van der Waals surface area contributed by atoms with E-state index in [1.165, 1.54) is 31.2 Å². The Balaban J connectivity index is 2.58. The van der Waals surface area contributed by atoms with Crippen LogP contribution in [-0.4, -0.2) is 47.7 Å². The van der Waals surface area contributed by atoms with Crippen LogP contribution in [0.15, 0.2) is 36.4 Å². The Labute approximate surface area is 179 Å². The highest BCUT2D eigenvalue weighted by Crippen LogP contribution is 2.17. The zero-order valence-electron chi connectivity index (χ0n) is 17.6. The molecule has 1 rings (SSSR count). The number of esters is 1. The van der Waals surface area contributed by atoms with E-state index in [1.807, 2.05) is 13.8 Å². The van der Waals surface area contributed by atoms with E-state index in [9.17, 15) is 29.3 Å². The molecule has 0 radical (unpaired) electrons. The number of nitro groups is 1. The van der Waals surface area contributed by atoms with Crippen molar-refractivity contribution < 1.29 is 28.8 Å². The Morgan fingerprint density at radius 1 is 1.10 bits per heavy atom. The van der Waals surface area contributed by atoms with E-state index < -0.39 is 41.2 Å². The number of rotatable bonds is 11. The van der Waals surface area contributed by atoms with Crippen molar-refractivity contribution in [2.24, 2.45) is 5.92 Å². The van der Waals surface area contributed by atoms with Gasteiger partial charge in [-0.05, 0) is 31.4 Å². The molecular formula is C20H26N4O7. The lowest BCUT2D eigenvalue weighted by Gasteiger charge is -2.20. The topological polar surface area (TPSA) is 157 Å². The van der Waals surface area contributed by atoms with Crippen LogP contribution >= 0.6 is 0 Å². The molecule has 11 heteroatoms. The molecule has 0 spiro atoms. The van der Waals surface area contributed by atoms with Crippen LogP contribution in [0, 0.1) is 16.0 Å². The third kappa shape index (κ3) is 9.52. The summed E-state index contributed by atoms with van der Waals surface area (Å²) >= 11 is 0. The van der Waals surface area contributed by atoms with E-state index in [-0.39, 0.29) is 29.5 Å². The summed E-state index contributed by atoms with van der Waals surface area (Å²) in [6.45, 7) is 7.89. The van der Waals surface area contributed by atoms with Gasteiger partial charge in [0.15, 0.2) is 0 Å². The molecule has 0 saturated carbocycles. The van der Waals surface area contributed by atoms with E-state index in [4.69, 9.17) is 4.74 Å². The number of benzene rings is 1. The quantitative estimate of drug-likeness (QED) is 0.153. The van der Waals surface area contributed by atoms with Crippen molar-refractivity contribution in [2.75, 3.05) is 13.1 Å². The number of amides is 3. The van der Waals surface area contributed by atoms with Gasteiger partial charge in [-0.15, -0.1) is 0 Å². The van der Waals surface area contributed by atoms with Crippen molar-refractivity contribution in [1.29, 1.82) is 0 Å². The fraction of sp³-hybridized carbons (Fsp3) is 0.400. The van der Waals surface area contributed by atoms with Crippen LogP contribution in [0.4, 0.5) is 5.69 Å². The van der Waals surface area contributed by atoms with Crippen molar-refractivity contribution in [3.05, 3.63) is 46.5 Å². The highest BCUT2D eigenvalue weighted by atomic mass is 16.6. The summed E-state index contributed by atoms with van der Waals surface area (Å²) in [6.07, 6.45) is 0.309. The molecule has 0 fully saturated rings. The molecule has 0 heterocycles. The molecule has 0 aliphatic carbocycles. The third-order valence-electron chi connectivity index (χ3n) is 3.84. The second-order valence-electron chi connectivity index (χ2n) is 7.16. The zero-order valence-corrected chi connectivity index (χ0v) is 17.6. The van der Waals surface area contributed by atoms with Gasteiger partial charge < -0.3 is 20.7 Å². The SMILES string of the molecule is C=C(C)C(=O)NCC(=O)N[C@@H](CC(C)C)C(=O)NCC(=O)Oc1ccc([N+](=O)[O-])cc1. The molecule has 0 aliphatic heterocycles. The Morgan fingerprint density at radius 2 is 1.71 bits per heavy atom. The summed E-state index contributed by atoms with van der Waals surface area (Å²) in [7, 11) is 0. The van der Waals surface area contributed by atoms with Crippen molar-refractivity contribution in [2.45, 2.75) is 33.2 Å². The van der Waals surface area contributed by atoms with Crippen molar-refractivity contribution in [3.8, 4) is 5.75 Å². The second-order valence-corrected chi connectivity index (χ2v) is 7.16. The Morgan fingerprint density at radius 3 is 2.23 bits per heavy atom. The number of hydrogen-bond donors (Lipinski definition) is 3. The molecule has 11 nitrogen and oxygen atoms in total. The number of nitrogens with one attached hydrogen (secondary N) is 3. The number of hydrogen-bond acceptors (Lipinski definition) is 7. The number of ether oxygens (including phenoxy) is 1. The molecular weight excluding hydrogens is 408 g/mol. The summed E-state index contributed by atoms with van der Waals surface area (Å²) in [5.41, 5.74) is 0.0932. The fourth-order valence-electron chi connectivity index (χ4n) is 2.35. The Kier molecular flexibility index (Phi) is 9.83. The monoisotopic (exact) mass is 434 g/mol. The van der Waals surface area contributed by atoms with Gasteiger partial charge in [-0.3, -0.25) is 24.5 Å². The van der Waals surface area contributed by atoms with Crippen LogP contribution in [0.5, 0.6) is 5.75 Å². The summed E-state index contributed by atoms with van der Waals surface area (Å²) in [5, 5.41) is 17.9. The molecule has 0 saturated heterocycles. The minimum atomic E-state index is -0.915. The zero-order chi connectivity index (χ0) is 23.6. The lowest BCUT2D eigenvalue weighted by molar-refractivity contribution is -0.384. The lowest BCUT2D eigenvalue weighted by Crippen LogP contribution is -2.51. The van der Waals surface area contributed by atoms with Crippen LogP contribution in [0.25, 0.3) is 0 Å². The molecule has 0 bridgehead atoms. The lowest BCUT2D eigenvalue weighted by atomic mass is 10.0. The number of carbonyl (C=O) groups is 4. The average molecular weight is 434 g/mol. The standard InChI is InChI=1S/C20H26N4O7/c1-12(2)9-16(23-17(25)10-21-19(27)13(3)4)20(28)22-11-18(26)31-15-7-5-14(6-8-15)24(29)30/h5-8,12,16H,3,9-11H2,1-2,4H3,(H,21,27)(H,22,28)(H,23,25)/t16-/m0/s1. The van der Waals surface area contributed by atoms with Gasteiger partial charge in [0.2, 0.25) is 17.7 Å². The van der Waals surface area contributed by atoms with E-state index in [0.29, 0.717) is 6.42 Å². The molecule has 1 atom stereocenters. The minimum absolute atomic E-state index is 0.0631. The average Bonchev–Trinajstić information content (AvgIpc) is 2.69. The maximum Gasteiger partial charge on any atom is 0.330 e. The first kappa shape index (κ1) is 25.3. The fourth-order valence-corrected chi connectivity index (χ4v) is 2.35. The van der Waals surface area contributed by atoms with Crippen LogP contribution in [0.1, 0.15) is 27.2 Å². The molecule has 1 aromatic rings. The van der Waals surface area contributed by atoms with Gasteiger partial charge >= 0.3 is 5.97 Å². The summed E-state index contributed by atoms with van der Waals surface area (Å²) < 4.78 is 5.01. The number of non-ortho nitro benzene ring substituents is 1. The van der Waals surface area contributed by atoms with Gasteiger partial charge in [-0.1, -0.05) is 20.4 Å². The van der Waals surface area contributed by atoms with E-state index >= 15 is 0 Å². The smallest absolute Gasteiger partial charge is 0.330 e. The van der Waals surface area contributed by atoms with Gasteiger partial charge in [0.1, 0.15) is 18.3 Å². The maximum absolute atomic E-state index is 12.4. The second kappa shape index (κ2) is 12.1. The van der Waals surface area contributed by atoms with Crippen LogP contribution in [0.3, 0.4) is 0 Å². The van der Waals surface area contributed by atoms with E-state index in [0.717, 1.165) is 0 Å². The molecule has 3 amide bonds. The first-order valence-electron chi connectivity index (χ1n) is 9.45. The van der Waals surface area contributed by atoms with Crippen molar-refractivity contribution >= 4 is 29.4 Å². The summed E-state index contributed by atoms with van der Waals surface area (Å²) in [5.74, 6) is -2.27. The van der Waals surface area contributed by atoms with Crippen LogP contribution < -0.4 is 20.7 Å². The third-order valence-corrected chi connectivity index (χ3v) is 3.84. The summed E-state index contributed by atoms with van der Waals surface area (Å²) in [4.78, 5) is 57.9.